The van der Waals surface area contributed by atoms with Crippen LogP contribution in [0, 0.1) is 5.92 Å². The third kappa shape index (κ3) is 4.77. The van der Waals surface area contributed by atoms with E-state index >= 15 is 0 Å². The van der Waals surface area contributed by atoms with Crippen LogP contribution in [0.2, 0.25) is 0 Å². The second kappa shape index (κ2) is 7.90. The number of nitrogens with two attached hydrogens (primary N) is 1. The molecule has 1 aliphatic heterocycles. The maximum absolute atomic E-state index is 12.2. The van der Waals surface area contributed by atoms with Crippen LogP contribution >= 0.6 is 0 Å². The number of nitrogens with zero attached hydrogens (tertiary/aromatic N) is 1. The summed E-state index contributed by atoms with van der Waals surface area (Å²) in [5.74, 6) is 0.185. The Kier molecular flexibility index (Phi) is 5.65. The molecule has 0 bridgehead atoms. The number of ether oxygens (including phenoxy) is 1. The van der Waals surface area contributed by atoms with Gasteiger partial charge in [0.2, 0.25) is 5.91 Å². The molecule has 2 aliphatic rings. The molecule has 2 fully saturated rings. The van der Waals surface area contributed by atoms with Crippen molar-refractivity contribution in [1.82, 2.24) is 4.90 Å². The van der Waals surface area contributed by atoms with Gasteiger partial charge in [-0.15, -0.1) is 0 Å². The number of nitrogens with one attached hydrogen (secondary N) is 1. The molecule has 1 aromatic rings. The van der Waals surface area contributed by atoms with Crippen LogP contribution in [0.1, 0.15) is 24.8 Å². The van der Waals surface area contributed by atoms with Crippen LogP contribution in [-0.2, 0) is 16.0 Å². The highest BCUT2D eigenvalue weighted by atomic mass is 16.5. The summed E-state index contributed by atoms with van der Waals surface area (Å²) in [6, 6.07) is 8.41. The van der Waals surface area contributed by atoms with Crippen molar-refractivity contribution in [1.29, 1.82) is 0 Å². The SMILES string of the molecule is NC1CCC(C(=O)Nc2ccc(CCN3CCOCC3)cc2)C1. The third-order valence-electron chi connectivity index (χ3n) is 4.89. The maximum atomic E-state index is 12.2. The second-order valence-electron chi connectivity index (χ2n) is 6.66. The van der Waals surface area contributed by atoms with Crippen molar-refractivity contribution in [2.24, 2.45) is 11.7 Å². The minimum absolute atomic E-state index is 0.0750. The van der Waals surface area contributed by atoms with Gasteiger partial charge in [0.1, 0.15) is 0 Å². The van der Waals surface area contributed by atoms with Gasteiger partial charge in [-0.05, 0) is 43.4 Å². The molecule has 1 heterocycles. The van der Waals surface area contributed by atoms with E-state index in [1.165, 1.54) is 5.56 Å². The lowest BCUT2D eigenvalue weighted by molar-refractivity contribution is -0.119. The van der Waals surface area contributed by atoms with Crippen LogP contribution < -0.4 is 11.1 Å². The molecular weight excluding hydrogens is 290 g/mol. The average molecular weight is 317 g/mol. The molecule has 1 aliphatic carbocycles. The Hall–Kier alpha value is -1.43. The van der Waals surface area contributed by atoms with E-state index in [9.17, 15) is 4.79 Å². The minimum Gasteiger partial charge on any atom is -0.379 e. The number of carbonyl (C=O) groups excluding carboxylic acids is 1. The van der Waals surface area contributed by atoms with Crippen molar-refractivity contribution in [3.8, 4) is 0 Å². The van der Waals surface area contributed by atoms with E-state index in [0.717, 1.165) is 64.2 Å². The highest BCUT2D eigenvalue weighted by molar-refractivity contribution is 5.92. The van der Waals surface area contributed by atoms with Gasteiger partial charge in [0.05, 0.1) is 13.2 Å². The highest BCUT2D eigenvalue weighted by Gasteiger charge is 2.27. The normalized spacial score (nSPS) is 25.4. The second-order valence-corrected chi connectivity index (χ2v) is 6.66. The van der Waals surface area contributed by atoms with Gasteiger partial charge < -0.3 is 15.8 Å². The van der Waals surface area contributed by atoms with Crippen LogP contribution in [-0.4, -0.2) is 49.7 Å². The smallest absolute Gasteiger partial charge is 0.227 e. The molecule has 1 amide bonds. The Labute approximate surface area is 138 Å². The summed E-state index contributed by atoms with van der Waals surface area (Å²) in [7, 11) is 0. The van der Waals surface area contributed by atoms with Crippen molar-refractivity contribution in [2.45, 2.75) is 31.7 Å². The molecule has 2 unspecified atom stereocenters. The van der Waals surface area contributed by atoms with Gasteiger partial charge in [-0.25, -0.2) is 0 Å². The molecule has 1 saturated carbocycles. The quantitative estimate of drug-likeness (QED) is 0.866. The monoisotopic (exact) mass is 317 g/mol. The lowest BCUT2D eigenvalue weighted by Gasteiger charge is -2.26. The van der Waals surface area contributed by atoms with E-state index in [1.807, 2.05) is 12.1 Å². The molecule has 0 aromatic heterocycles. The number of morpholine rings is 1. The Bertz CT molecular complexity index is 512. The first kappa shape index (κ1) is 16.4. The Morgan fingerprint density at radius 3 is 2.61 bits per heavy atom. The van der Waals surface area contributed by atoms with Crippen LogP contribution in [0.25, 0.3) is 0 Å². The summed E-state index contributed by atoms with van der Waals surface area (Å²) in [5.41, 5.74) is 8.06. The van der Waals surface area contributed by atoms with Gasteiger partial charge in [-0.2, -0.15) is 0 Å². The number of carbonyl (C=O) groups is 1. The summed E-state index contributed by atoms with van der Waals surface area (Å²) in [4.78, 5) is 14.6. The lowest BCUT2D eigenvalue weighted by Crippen LogP contribution is -2.37. The molecule has 0 spiro atoms. The summed E-state index contributed by atoms with van der Waals surface area (Å²) in [5, 5.41) is 3.02. The van der Waals surface area contributed by atoms with Gasteiger partial charge in [0.15, 0.2) is 0 Å². The fourth-order valence-electron chi connectivity index (χ4n) is 3.37. The fourth-order valence-corrected chi connectivity index (χ4v) is 3.37. The van der Waals surface area contributed by atoms with Crippen LogP contribution in [0.3, 0.4) is 0 Å². The standard InChI is InChI=1S/C18H27N3O2/c19-16-4-3-15(13-16)18(22)20-17-5-1-14(2-6-17)7-8-21-9-11-23-12-10-21/h1-2,5-6,15-16H,3-4,7-13,19H2,(H,20,22). The van der Waals surface area contributed by atoms with Gasteiger partial charge in [0.25, 0.3) is 0 Å². The number of rotatable bonds is 5. The first-order chi connectivity index (χ1) is 11.2. The van der Waals surface area contributed by atoms with E-state index in [-0.39, 0.29) is 17.9 Å². The molecule has 126 valence electrons. The maximum Gasteiger partial charge on any atom is 0.227 e. The summed E-state index contributed by atoms with van der Waals surface area (Å²) in [6.07, 6.45) is 3.71. The minimum atomic E-state index is 0.0750. The van der Waals surface area contributed by atoms with Crippen LogP contribution in [0.5, 0.6) is 0 Å². The molecule has 1 aromatic carbocycles. The highest BCUT2D eigenvalue weighted by Crippen LogP contribution is 2.25. The van der Waals surface area contributed by atoms with E-state index in [2.05, 4.69) is 22.3 Å². The number of benzene rings is 1. The zero-order valence-corrected chi connectivity index (χ0v) is 13.7. The van der Waals surface area contributed by atoms with Crippen molar-refractivity contribution < 1.29 is 9.53 Å². The molecule has 3 N–H and O–H groups in total. The summed E-state index contributed by atoms with van der Waals surface area (Å²) < 4.78 is 5.36. The Morgan fingerprint density at radius 2 is 1.96 bits per heavy atom. The lowest BCUT2D eigenvalue weighted by atomic mass is 10.1. The molecule has 5 heteroatoms. The molecule has 2 atom stereocenters. The number of hydrogen-bond donors (Lipinski definition) is 2. The third-order valence-corrected chi connectivity index (χ3v) is 4.89. The number of anilines is 1. The van der Waals surface area contributed by atoms with E-state index in [1.54, 1.807) is 0 Å². The predicted octanol–water partition coefficient (Wildman–Crippen LogP) is 1.63. The predicted molar refractivity (Wildman–Crippen MR) is 91.4 cm³/mol. The van der Waals surface area contributed by atoms with Gasteiger partial charge in [0, 0.05) is 37.3 Å². The molecule has 1 saturated heterocycles. The van der Waals surface area contributed by atoms with E-state index in [4.69, 9.17) is 10.5 Å². The van der Waals surface area contributed by atoms with Crippen molar-refractivity contribution in [2.75, 3.05) is 38.2 Å². The van der Waals surface area contributed by atoms with Gasteiger partial charge in [-0.1, -0.05) is 12.1 Å². The Balaban J connectivity index is 1.45. The van der Waals surface area contributed by atoms with Crippen molar-refractivity contribution in [3.63, 3.8) is 0 Å². The molecule has 5 nitrogen and oxygen atoms in total. The molecular formula is C18H27N3O2. The van der Waals surface area contributed by atoms with Gasteiger partial charge in [-0.3, -0.25) is 9.69 Å². The zero-order valence-electron chi connectivity index (χ0n) is 13.7. The molecule has 3 rings (SSSR count). The van der Waals surface area contributed by atoms with Crippen molar-refractivity contribution >= 4 is 11.6 Å². The van der Waals surface area contributed by atoms with E-state index < -0.39 is 0 Å². The van der Waals surface area contributed by atoms with Crippen LogP contribution in [0.4, 0.5) is 5.69 Å². The largest absolute Gasteiger partial charge is 0.379 e. The topological polar surface area (TPSA) is 67.6 Å². The first-order valence-corrected chi connectivity index (χ1v) is 8.66. The van der Waals surface area contributed by atoms with Crippen molar-refractivity contribution in [3.05, 3.63) is 29.8 Å². The number of amides is 1. The van der Waals surface area contributed by atoms with E-state index in [0.29, 0.717) is 0 Å². The first-order valence-electron chi connectivity index (χ1n) is 8.66. The average Bonchev–Trinajstić information content (AvgIpc) is 3.02. The van der Waals surface area contributed by atoms with Gasteiger partial charge >= 0.3 is 0 Å². The fraction of sp³-hybridized carbons (Fsp3) is 0.611. The summed E-state index contributed by atoms with van der Waals surface area (Å²) in [6.45, 7) is 4.80. The van der Waals surface area contributed by atoms with Crippen LogP contribution in [0.15, 0.2) is 24.3 Å². The Morgan fingerprint density at radius 1 is 1.22 bits per heavy atom. The summed E-state index contributed by atoms with van der Waals surface area (Å²) >= 11 is 0. The zero-order chi connectivity index (χ0) is 16.1. The number of hydrogen-bond acceptors (Lipinski definition) is 4. The molecule has 0 radical (unpaired) electrons. The molecule has 23 heavy (non-hydrogen) atoms.